The molecular formula is C13H17N3OS. The average Bonchev–Trinajstić information content (AvgIpc) is 2.86. The lowest BCUT2D eigenvalue weighted by molar-refractivity contribution is -0.119. The van der Waals surface area contributed by atoms with E-state index in [2.05, 4.69) is 23.6 Å². The molecule has 18 heavy (non-hydrogen) atoms. The fourth-order valence-electron chi connectivity index (χ4n) is 2.26. The highest BCUT2D eigenvalue weighted by atomic mass is 32.1. The zero-order valence-corrected chi connectivity index (χ0v) is 11.2. The molecule has 1 saturated heterocycles. The first-order valence-corrected chi connectivity index (χ1v) is 7.14. The van der Waals surface area contributed by atoms with Gasteiger partial charge in [-0.05, 0) is 36.8 Å². The molecule has 96 valence electrons. The van der Waals surface area contributed by atoms with Gasteiger partial charge in [0.05, 0.1) is 11.6 Å². The van der Waals surface area contributed by atoms with Crippen molar-refractivity contribution in [3.63, 3.8) is 0 Å². The second-order valence-corrected chi connectivity index (χ2v) is 5.49. The molecule has 1 aromatic heterocycles. The van der Waals surface area contributed by atoms with Gasteiger partial charge in [-0.1, -0.05) is 13.3 Å². The Morgan fingerprint density at radius 3 is 3.28 bits per heavy atom. The molecule has 0 aromatic carbocycles. The zero-order chi connectivity index (χ0) is 13.0. The number of nitrogens with one attached hydrogen (secondary N) is 2. The van der Waals surface area contributed by atoms with Crippen LogP contribution in [0.4, 0.5) is 5.00 Å². The largest absolute Gasteiger partial charge is 0.315 e. The van der Waals surface area contributed by atoms with Gasteiger partial charge >= 0.3 is 0 Å². The summed E-state index contributed by atoms with van der Waals surface area (Å²) in [6.45, 7) is 3.06. The van der Waals surface area contributed by atoms with E-state index in [9.17, 15) is 4.79 Å². The minimum absolute atomic E-state index is 0.0212. The Morgan fingerprint density at radius 1 is 1.72 bits per heavy atom. The number of hydrogen-bond acceptors (Lipinski definition) is 4. The first-order valence-electron chi connectivity index (χ1n) is 6.26. The maximum atomic E-state index is 12.1. The summed E-state index contributed by atoms with van der Waals surface area (Å²) in [4.78, 5) is 12.1. The summed E-state index contributed by atoms with van der Waals surface area (Å²) in [5, 5.41) is 17.5. The van der Waals surface area contributed by atoms with E-state index in [-0.39, 0.29) is 11.9 Å². The highest BCUT2D eigenvalue weighted by molar-refractivity contribution is 7.14. The second kappa shape index (κ2) is 5.98. The van der Waals surface area contributed by atoms with Gasteiger partial charge < -0.3 is 10.6 Å². The molecule has 2 N–H and O–H groups in total. The van der Waals surface area contributed by atoms with E-state index in [4.69, 9.17) is 5.26 Å². The Morgan fingerprint density at radius 2 is 2.56 bits per heavy atom. The number of carbonyl (C=O) groups is 1. The van der Waals surface area contributed by atoms with Crippen LogP contribution in [0.2, 0.25) is 0 Å². The summed E-state index contributed by atoms with van der Waals surface area (Å²) in [6, 6.07) is 3.68. The van der Waals surface area contributed by atoms with Gasteiger partial charge in [-0.3, -0.25) is 4.79 Å². The third kappa shape index (κ3) is 2.89. The molecule has 4 nitrogen and oxygen atoms in total. The number of thiophene rings is 1. The van der Waals surface area contributed by atoms with Crippen LogP contribution in [-0.4, -0.2) is 18.5 Å². The van der Waals surface area contributed by atoms with Crippen LogP contribution in [-0.2, 0) is 4.79 Å². The molecule has 2 heterocycles. The lowest BCUT2D eigenvalue weighted by Gasteiger charge is -2.28. The van der Waals surface area contributed by atoms with Crippen LogP contribution in [0.3, 0.4) is 0 Å². The van der Waals surface area contributed by atoms with Crippen LogP contribution >= 0.6 is 11.3 Å². The molecule has 2 rings (SSSR count). The van der Waals surface area contributed by atoms with Crippen LogP contribution in [0.25, 0.3) is 0 Å². The molecule has 0 aliphatic carbocycles. The Labute approximate surface area is 111 Å². The number of nitriles is 1. The van der Waals surface area contributed by atoms with Crippen molar-refractivity contribution in [2.75, 3.05) is 11.9 Å². The summed E-state index contributed by atoms with van der Waals surface area (Å²) < 4.78 is 0. The standard InChI is InChI=1S/C13H17N3OS/c1-2-9-3-5-15-11(7-9)12(17)16-13-10(8-14)4-6-18-13/h4,6,9,11,15H,2-3,5,7H2,1H3,(H,16,17). The summed E-state index contributed by atoms with van der Waals surface area (Å²) in [5.41, 5.74) is 0.538. The van der Waals surface area contributed by atoms with Gasteiger partial charge in [0.2, 0.25) is 5.91 Å². The molecule has 1 aromatic rings. The quantitative estimate of drug-likeness (QED) is 0.879. The van der Waals surface area contributed by atoms with Crippen molar-refractivity contribution in [1.29, 1.82) is 5.26 Å². The van der Waals surface area contributed by atoms with E-state index >= 15 is 0 Å². The van der Waals surface area contributed by atoms with Gasteiger partial charge in [0.15, 0.2) is 0 Å². The predicted octanol–water partition coefficient (Wildman–Crippen LogP) is 2.34. The second-order valence-electron chi connectivity index (χ2n) is 4.57. The first kappa shape index (κ1) is 13.1. The third-order valence-electron chi connectivity index (χ3n) is 3.43. The van der Waals surface area contributed by atoms with E-state index in [0.29, 0.717) is 16.5 Å². The van der Waals surface area contributed by atoms with Gasteiger partial charge in [0.25, 0.3) is 0 Å². The third-order valence-corrected chi connectivity index (χ3v) is 4.26. The van der Waals surface area contributed by atoms with Crippen LogP contribution < -0.4 is 10.6 Å². The van der Waals surface area contributed by atoms with Gasteiger partial charge in [-0.15, -0.1) is 11.3 Å². The van der Waals surface area contributed by atoms with Crippen molar-refractivity contribution >= 4 is 22.2 Å². The van der Waals surface area contributed by atoms with E-state index in [1.165, 1.54) is 11.3 Å². The maximum absolute atomic E-state index is 12.1. The lowest BCUT2D eigenvalue weighted by atomic mass is 9.90. The topological polar surface area (TPSA) is 64.9 Å². The lowest BCUT2D eigenvalue weighted by Crippen LogP contribution is -2.46. The Hall–Kier alpha value is -1.38. The van der Waals surface area contributed by atoms with E-state index < -0.39 is 0 Å². The molecule has 1 aliphatic heterocycles. The van der Waals surface area contributed by atoms with Crippen molar-refractivity contribution < 1.29 is 4.79 Å². The Balaban J connectivity index is 1.98. The van der Waals surface area contributed by atoms with Crippen LogP contribution in [0.5, 0.6) is 0 Å². The summed E-state index contributed by atoms with van der Waals surface area (Å²) in [5.74, 6) is 0.605. The van der Waals surface area contributed by atoms with E-state index in [1.807, 2.05) is 5.38 Å². The van der Waals surface area contributed by atoms with Crippen molar-refractivity contribution in [3.05, 3.63) is 17.0 Å². The maximum Gasteiger partial charge on any atom is 0.242 e. The molecule has 2 unspecified atom stereocenters. The molecule has 1 amide bonds. The van der Waals surface area contributed by atoms with Crippen LogP contribution in [0.1, 0.15) is 31.7 Å². The van der Waals surface area contributed by atoms with Crippen LogP contribution in [0.15, 0.2) is 11.4 Å². The van der Waals surface area contributed by atoms with Gasteiger partial charge in [0, 0.05) is 0 Å². The van der Waals surface area contributed by atoms with Crippen molar-refractivity contribution in [2.24, 2.45) is 5.92 Å². The Kier molecular flexibility index (Phi) is 4.34. The summed E-state index contributed by atoms with van der Waals surface area (Å²) >= 11 is 1.39. The number of hydrogen-bond donors (Lipinski definition) is 2. The monoisotopic (exact) mass is 263 g/mol. The molecule has 0 bridgehead atoms. The van der Waals surface area contributed by atoms with Gasteiger partial charge in [-0.25, -0.2) is 0 Å². The van der Waals surface area contributed by atoms with Crippen molar-refractivity contribution in [2.45, 2.75) is 32.2 Å². The minimum atomic E-state index is -0.127. The zero-order valence-electron chi connectivity index (χ0n) is 10.4. The normalized spacial score (nSPS) is 23.3. The van der Waals surface area contributed by atoms with Crippen LogP contribution in [0, 0.1) is 17.2 Å². The molecule has 5 heteroatoms. The van der Waals surface area contributed by atoms with Gasteiger partial charge in [0.1, 0.15) is 11.1 Å². The predicted molar refractivity (Wildman–Crippen MR) is 72.5 cm³/mol. The average molecular weight is 263 g/mol. The molecular weight excluding hydrogens is 246 g/mol. The fourth-order valence-corrected chi connectivity index (χ4v) is 3.00. The highest BCUT2D eigenvalue weighted by Gasteiger charge is 2.26. The molecule has 1 fully saturated rings. The summed E-state index contributed by atoms with van der Waals surface area (Å²) in [6.07, 6.45) is 3.15. The molecule has 0 spiro atoms. The number of anilines is 1. The number of amides is 1. The van der Waals surface area contributed by atoms with Crippen molar-refractivity contribution in [1.82, 2.24) is 5.32 Å². The number of piperidine rings is 1. The number of rotatable bonds is 3. The SMILES string of the molecule is CCC1CCNC(C(=O)Nc2sccc2C#N)C1. The number of nitrogens with zero attached hydrogens (tertiary/aromatic N) is 1. The molecule has 0 saturated carbocycles. The Bertz CT molecular complexity index is 463. The van der Waals surface area contributed by atoms with E-state index in [0.717, 1.165) is 25.8 Å². The van der Waals surface area contributed by atoms with Crippen molar-refractivity contribution in [3.8, 4) is 6.07 Å². The highest BCUT2D eigenvalue weighted by Crippen LogP contribution is 2.24. The number of carbonyl (C=O) groups excluding carboxylic acids is 1. The molecule has 2 atom stereocenters. The minimum Gasteiger partial charge on any atom is -0.315 e. The summed E-state index contributed by atoms with van der Waals surface area (Å²) in [7, 11) is 0. The molecule has 1 aliphatic rings. The fraction of sp³-hybridized carbons (Fsp3) is 0.538. The molecule has 0 radical (unpaired) electrons. The van der Waals surface area contributed by atoms with E-state index in [1.54, 1.807) is 6.07 Å². The smallest absolute Gasteiger partial charge is 0.242 e. The van der Waals surface area contributed by atoms with Gasteiger partial charge in [-0.2, -0.15) is 5.26 Å². The first-order chi connectivity index (χ1) is 8.74.